The van der Waals surface area contributed by atoms with Crippen LogP contribution in [0.4, 0.5) is 0 Å². The van der Waals surface area contributed by atoms with E-state index in [2.05, 4.69) is 23.8 Å². The molecule has 0 N–H and O–H groups in total. The van der Waals surface area contributed by atoms with Crippen LogP contribution in [0.1, 0.15) is 31.0 Å². The number of thioether (sulfide) groups is 1. The Bertz CT molecular complexity index is 1040. The molecule has 0 amide bonds. The lowest BCUT2D eigenvalue weighted by molar-refractivity contribution is 0.703. The number of nitrogens with zero attached hydrogens (tertiary/aromatic N) is 4. The van der Waals surface area contributed by atoms with Crippen molar-refractivity contribution in [2.24, 2.45) is 14.1 Å². The van der Waals surface area contributed by atoms with Crippen LogP contribution < -0.4 is 11.2 Å². The molecule has 3 aromatic heterocycles. The topological polar surface area (TPSA) is 69.8 Å². The van der Waals surface area contributed by atoms with Crippen LogP contribution in [0.25, 0.3) is 11.0 Å². The maximum absolute atomic E-state index is 12.8. The van der Waals surface area contributed by atoms with E-state index in [1.807, 2.05) is 18.2 Å². The SMILES string of the molecule is CC(C)c1cnc2c(c1SCc1ccccn1)c(=O)n(C)c(=O)n2C. The van der Waals surface area contributed by atoms with Crippen molar-refractivity contribution in [3.05, 3.63) is 62.7 Å². The van der Waals surface area contributed by atoms with E-state index in [0.29, 0.717) is 16.8 Å². The molecule has 0 fully saturated rings. The van der Waals surface area contributed by atoms with Gasteiger partial charge in [-0.2, -0.15) is 0 Å². The molecular weight excluding hydrogens is 336 g/mol. The molecule has 3 heterocycles. The van der Waals surface area contributed by atoms with Gasteiger partial charge in [0.25, 0.3) is 5.56 Å². The summed E-state index contributed by atoms with van der Waals surface area (Å²) < 4.78 is 2.56. The zero-order valence-corrected chi connectivity index (χ0v) is 15.5. The predicted octanol–water partition coefficient (Wildman–Crippen LogP) is 2.44. The van der Waals surface area contributed by atoms with Gasteiger partial charge in [-0.25, -0.2) is 9.78 Å². The van der Waals surface area contributed by atoms with Gasteiger partial charge in [-0.15, -0.1) is 11.8 Å². The van der Waals surface area contributed by atoms with Gasteiger partial charge in [-0.05, 0) is 23.6 Å². The minimum absolute atomic E-state index is 0.213. The fraction of sp³-hybridized carbons (Fsp3) is 0.333. The molecule has 25 heavy (non-hydrogen) atoms. The smallest absolute Gasteiger partial charge is 0.280 e. The lowest BCUT2D eigenvalue weighted by atomic mass is 10.0. The van der Waals surface area contributed by atoms with Crippen molar-refractivity contribution in [1.29, 1.82) is 0 Å². The highest BCUT2D eigenvalue weighted by molar-refractivity contribution is 7.98. The van der Waals surface area contributed by atoms with E-state index in [1.165, 1.54) is 11.6 Å². The van der Waals surface area contributed by atoms with Gasteiger partial charge in [0.1, 0.15) is 5.65 Å². The number of aromatic nitrogens is 4. The van der Waals surface area contributed by atoms with Crippen LogP contribution in [0.3, 0.4) is 0 Å². The summed E-state index contributed by atoms with van der Waals surface area (Å²) in [5.41, 5.74) is 1.68. The van der Waals surface area contributed by atoms with Crippen molar-refractivity contribution < 1.29 is 0 Å². The molecule has 6 nitrogen and oxygen atoms in total. The average Bonchev–Trinajstić information content (AvgIpc) is 2.62. The first-order valence-corrected chi connectivity index (χ1v) is 9.01. The number of pyridine rings is 2. The average molecular weight is 356 g/mol. The van der Waals surface area contributed by atoms with Crippen LogP contribution >= 0.6 is 11.8 Å². The maximum Gasteiger partial charge on any atom is 0.332 e. The van der Waals surface area contributed by atoms with Crippen molar-refractivity contribution in [3.8, 4) is 0 Å². The van der Waals surface area contributed by atoms with E-state index in [0.717, 1.165) is 20.7 Å². The molecule has 0 atom stereocenters. The van der Waals surface area contributed by atoms with E-state index in [1.54, 1.807) is 31.2 Å². The van der Waals surface area contributed by atoms with E-state index in [9.17, 15) is 9.59 Å². The summed E-state index contributed by atoms with van der Waals surface area (Å²) >= 11 is 1.56. The van der Waals surface area contributed by atoms with Gasteiger partial charge in [0.15, 0.2) is 0 Å². The first-order chi connectivity index (χ1) is 11.9. The van der Waals surface area contributed by atoms with Gasteiger partial charge < -0.3 is 0 Å². The summed E-state index contributed by atoms with van der Waals surface area (Å²) in [5, 5.41) is 0.497. The Hall–Kier alpha value is -2.41. The lowest BCUT2D eigenvalue weighted by Gasteiger charge is -2.16. The molecule has 0 aliphatic carbocycles. The molecule has 0 aromatic carbocycles. The molecule has 0 saturated carbocycles. The van der Waals surface area contributed by atoms with Crippen molar-refractivity contribution in [1.82, 2.24) is 19.1 Å². The van der Waals surface area contributed by atoms with Crippen molar-refractivity contribution in [3.63, 3.8) is 0 Å². The van der Waals surface area contributed by atoms with Crippen LogP contribution in [-0.4, -0.2) is 19.1 Å². The quantitative estimate of drug-likeness (QED) is 0.672. The Morgan fingerprint density at radius 2 is 1.88 bits per heavy atom. The van der Waals surface area contributed by atoms with Crippen molar-refractivity contribution in [2.45, 2.75) is 30.4 Å². The minimum Gasteiger partial charge on any atom is -0.280 e. The van der Waals surface area contributed by atoms with Crippen LogP contribution in [0.5, 0.6) is 0 Å². The Balaban J connectivity index is 2.24. The molecule has 0 saturated heterocycles. The Labute approximate surface area is 149 Å². The molecular formula is C18H20N4O2S. The van der Waals surface area contributed by atoms with Crippen molar-refractivity contribution >= 4 is 22.8 Å². The van der Waals surface area contributed by atoms with E-state index in [-0.39, 0.29) is 17.2 Å². The molecule has 0 bridgehead atoms. The first-order valence-electron chi connectivity index (χ1n) is 8.03. The van der Waals surface area contributed by atoms with E-state index in [4.69, 9.17) is 0 Å². The monoisotopic (exact) mass is 356 g/mol. The van der Waals surface area contributed by atoms with Gasteiger partial charge >= 0.3 is 5.69 Å². The van der Waals surface area contributed by atoms with Crippen LogP contribution in [0, 0.1) is 0 Å². The second-order valence-corrected chi connectivity index (χ2v) is 7.20. The number of hydrogen-bond donors (Lipinski definition) is 0. The number of rotatable bonds is 4. The van der Waals surface area contributed by atoms with Gasteiger partial charge in [-0.1, -0.05) is 19.9 Å². The summed E-state index contributed by atoms with van der Waals surface area (Å²) in [6.45, 7) is 4.14. The molecule has 130 valence electrons. The molecule has 0 aliphatic rings. The van der Waals surface area contributed by atoms with Crippen LogP contribution in [0.15, 0.2) is 45.1 Å². The summed E-state index contributed by atoms with van der Waals surface area (Å²) in [6, 6.07) is 5.78. The molecule has 0 radical (unpaired) electrons. The largest absolute Gasteiger partial charge is 0.332 e. The van der Waals surface area contributed by atoms with Gasteiger partial charge in [-0.3, -0.25) is 18.9 Å². The summed E-state index contributed by atoms with van der Waals surface area (Å²) in [6.07, 6.45) is 3.53. The van der Waals surface area contributed by atoms with Gasteiger partial charge in [0, 0.05) is 37.1 Å². The molecule has 3 rings (SSSR count). The van der Waals surface area contributed by atoms with Crippen LogP contribution in [0.2, 0.25) is 0 Å². The van der Waals surface area contributed by atoms with E-state index < -0.39 is 0 Å². The summed E-state index contributed by atoms with van der Waals surface area (Å²) in [7, 11) is 3.14. The highest BCUT2D eigenvalue weighted by Crippen LogP contribution is 2.33. The Morgan fingerprint density at radius 3 is 2.52 bits per heavy atom. The normalized spacial score (nSPS) is 11.4. The lowest BCUT2D eigenvalue weighted by Crippen LogP contribution is -2.37. The maximum atomic E-state index is 12.8. The van der Waals surface area contributed by atoms with Crippen LogP contribution in [-0.2, 0) is 19.8 Å². The second kappa shape index (κ2) is 6.84. The number of fused-ring (bicyclic) bond motifs is 1. The fourth-order valence-electron chi connectivity index (χ4n) is 2.71. The molecule has 3 aromatic rings. The molecule has 0 aliphatic heterocycles. The number of hydrogen-bond acceptors (Lipinski definition) is 5. The van der Waals surface area contributed by atoms with E-state index >= 15 is 0 Å². The molecule has 0 spiro atoms. The third kappa shape index (κ3) is 3.11. The minimum atomic E-state index is -0.372. The zero-order chi connectivity index (χ0) is 18.1. The highest BCUT2D eigenvalue weighted by Gasteiger charge is 2.19. The first kappa shape index (κ1) is 17.4. The standard InChI is InChI=1S/C18H20N4O2S/c1-11(2)13-9-20-16-14(17(23)22(4)18(24)21(16)3)15(13)25-10-12-7-5-6-8-19-12/h5-9,11H,10H2,1-4H3. The molecule has 0 unspecified atom stereocenters. The Morgan fingerprint density at radius 1 is 1.12 bits per heavy atom. The second-order valence-electron chi connectivity index (χ2n) is 6.21. The van der Waals surface area contributed by atoms with Gasteiger partial charge in [0.05, 0.1) is 11.1 Å². The number of aryl methyl sites for hydroxylation is 1. The van der Waals surface area contributed by atoms with Crippen molar-refractivity contribution in [2.75, 3.05) is 0 Å². The predicted molar refractivity (Wildman–Crippen MR) is 100 cm³/mol. The molecule has 7 heteroatoms. The fourth-order valence-corrected chi connectivity index (χ4v) is 3.95. The van der Waals surface area contributed by atoms with Gasteiger partial charge in [0.2, 0.25) is 0 Å². The third-order valence-electron chi connectivity index (χ3n) is 4.16. The Kier molecular flexibility index (Phi) is 4.76. The summed E-state index contributed by atoms with van der Waals surface area (Å²) in [5.74, 6) is 0.858. The summed E-state index contributed by atoms with van der Waals surface area (Å²) in [4.78, 5) is 34.6. The zero-order valence-electron chi connectivity index (χ0n) is 14.7. The third-order valence-corrected chi connectivity index (χ3v) is 5.33. The highest BCUT2D eigenvalue weighted by atomic mass is 32.2.